The normalized spacial score (nSPS) is 15.8. The van der Waals surface area contributed by atoms with Crippen molar-refractivity contribution in [3.8, 4) is 11.5 Å². The van der Waals surface area contributed by atoms with Gasteiger partial charge in [-0.25, -0.2) is 0 Å². The Bertz CT molecular complexity index is 639. The lowest BCUT2D eigenvalue weighted by Crippen LogP contribution is -2.27. The zero-order valence-corrected chi connectivity index (χ0v) is 12.5. The first-order chi connectivity index (χ1) is 10.2. The maximum absolute atomic E-state index is 10.2. The molecule has 1 aliphatic heterocycles. The second-order valence-corrected chi connectivity index (χ2v) is 5.60. The molecule has 3 nitrogen and oxygen atoms in total. The number of para-hydroxylation sites is 2. The molecular formula is C18H21NO2. The number of nitrogens with zero attached hydrogens (tertiary/aromatic N) is 1. The highest BCUT2D eigenvalue weighted by Crippen LogP contribution is 2.38. The Morgan fingerprint density at radius 2 is 2.00 bits per heavy atom. The van der Waals surface area contributed by atoms with Gasteiger partial charge in [0, 0.05) is 12.1 Å². The Balaban J connectivity index is 2.01. The zero-order chi connectivity index (χ0) is 14.8. The third kappa shape index (κ3) is 2.68. The average Bonchev–Trinajstić information content (AvgIpc) is 2.71. The van der Waals surface area contributed by atoms with Crippen molar-refractivity contribution in [1.29, 1.82) is 0 Å². The van der Waals surface area contributed by atoms with E-state index < -0.39 is 0 Å². The summed E-state index contributed by atoms with van der Waals surface area (Å²) >= 11 is 0. The second-order valence-electron chi connectivity index (χ2n) is 5.60. The molecule has 1 aliphatic rings. The highest BCUT2D eigenvalue weighted by molar-refractivity contribution is 5.61. The second kappa shape index (κ2) is 5.68. The number of aromatic hydroxyl groups is 1. The fraction of sp³-hybridized carbons (Fsp3) is 0.333. The summed E-state index contributed by atoms with van der Waals surface area (Å²) in [5.41, 5.74) is 3.23. The van der Waals surface area contributed by atoms with Gasteiger partial charge in [0.05, 0.1) is 18.3 Å². The van der Waals surface area contributed by atoms with E-state index in [9.17, 15) is 5.11 Å². The van der Waals surface area contributed by atoms with Gasteiger partial charge in [-0.15, -0.1) is 0 Å². The van der Waals surface area contributed by atoms with E-state index in [1.165, 1.54) is 0 Å². The summed E-state index contributed by atoms with van der Waals surface area (Å²) in [5, 5.41) is 10.2. The third-order valence-corrected chi connectivity index (χ3v) is 4.08. The number of fused-ring (bicyclic) bond motifs is 1. The number of phenolic OH excluding ortho intramolecular Hbond substituents is 1. The van der Waals surface area contributed by atoms with Crippen molar-refractivity contribution >= 4 is 5.69 Å². The monoisotopic (exact) mass is 283 g/mol. The molecule has 2 aromatic carbocycles. The van der Waals surface area contributed by atoms with Gasteiger partial charge in [0.2, 0.25) is 0 Å². The van der Waals surface area contributed by atoms with Crippen molar-refractivity contribution < 1.29 is 9.84 Å². The summed E-state index contributed by atoms with van der Waals surface area (Å²) in [6.07, 6.45) is 0.978. The number of hydrogen-bond donors (Lipinski definition) is 1. The van der Waals surface area contributed by atoms with Gasteiger partial charge in [-0.3, -0.25) is 0 Å². The summed E-state index contributed by atoms with van der Waals surface area (Å²) in [6.45, 7) is 5.84. The van der Waals surface area contributed by atoms with Crippen molar-refractivity contribution in [1.82, 2.24) is 0 Å². The van der Waals surface area contributed by atoms with Gasteiger partial charge in [-0.2, -0.15) is 0 Å². The Morgan fingerprint density at radius 1 is 1.19 bits per heavy atom. The Kier molecular flexibility index (Phi) is 3.74. The highest BCUT2D eigenvalue weighted by atomic mass is 16.5. The molecule has 21 heavy (non-hydrogen) atoms. The van der Waals surface area contributed by atoms with Crippen LogP contribution in [0.15, 0.2) is 42.5 Å². The molecule has 1 unspecified atom stereocenters. The lowest BCUT2D eigenvalue weighted by molar-refractivity contribution is 0.322. The maximum Gasteiger partial charge on any atom is 0.142 e. The quantitative estimate of drug-likeness (QED) is 0.902. The first-order valence-electron chi connectivity index (χ1n) is 7.45. The van der Waals surface area contributed by atoms with Crippen molar-refractivity contribution in [2.75, 3.05) is 18.1 Å². The Hall–Kier alpha value is -2.16. The van der Waals surface area contributed by atoms with Gasteiger partial charge in [-0.05, 0) is 38.5 Å². The zero-order valence-electron chi connectivity index (χ0n) is 12.5. The first-order valence-corrected chi connectivity index (χ1v) is 7.45. The van der Waals surface area contributed by atoms with Crippen LogP contribution in [-0.2, 0) is 0 Å². The van der Waals surface area contributed by atoms with Crippen molar-refractivity contribution in [3.05, 3.63) is 53.6 Å². The van der Waals surface area contributed by atoms with Crippen molar-refractivity contribution in [3.63, 3.8) is 0 Å². The van der Waals surface area contributed by atoms with Crippen molar-refractivity contribution in [2.24, 2.45) is 0 Å². The summed E-state index contributed by atoms with van der Waals surface area (Å²) < 4.78 is 5.81. The molecule has 3 rings (SSSR count). The smallest absolute Gasteiger partial charge is 0.142 e. The van der Waals surface area contributed by atoms with Crippen LogP contribution in [0.5, 0.6) is 11.5 Å². The van der Waals surface area contributed by atoms with Gasteiger partial charge in [0.15, 0.2) is 0 Å². The molecule has 0 saturated carbocycles. The average molecular weight is 283 g/mol. The van der Waals surface area contributed by atoms with E-state index >= 15 is 0 Å². The van der Waals surface area contributed by atoms with Crippen LogP contribution in [-0.4, -0.2) is 18.3 Å². The van der Waals surface area contributed by atoms with Crippen LogP contribution in [0.1, 0.15) is 30.5 Å². The number of rotatable bonds is 2. The predicted molar refractivity (Wildman–Crippen MR) is 85.2 cm³/mol. The number of anilines is 1. The van der Waals surface area contributed by atoms with E-state index in [0.717, 1.165) is 42.1 Å². The summed E-state index contributed by atoms with van der Waals surface area (Å²) in [5.74, 6) is 1.28. The third-order valence-electron chi connectivity index (χ3n) is 4.08. The molecule has 0 fully saturated rings. The minimum absolute atomic E-state index is 0.104. The van der Waals surface area contributed by atoms with Gasteiger partial charge in [-0.1, -0.05) is 29.8 Å². The van der Waals surface area contributed by atoms with E-state index in [1.54, 1.807) is 6.07 Å². The van der Waals surface area contributed by atoms with Crippen LogP contribution in [0.4, 0.5) is 5.69 Å². The lowest BCUT2D eigenvalue weighted by Gasteiger charge is -2.31. The first kappa shape index (κ1) is 13.8. The van der Waals surface area contributed by atoms with Crippen LogP contribution in [0.3, 0.4) is 0 Å². The van der Waals surface area contributed by atoms with E-state index in [0.29, 0.717) is 5.75 Å². The van der Waals surface area contributed by atoms with Crippen LogP contribution in [0.25, 0.3) is 0 Å². The molecule has 0 radical (unpaired) electrons. The molecule has 0 aliphatic carbocycles. The SMILES string of the molecule is Cc1ccc(O)c(C(C)N2CCCOc3ccccc32)c1. The maximum atomic E-state index is 10.2. The molecule has 0 amide bonds. The lowest BCUT2D eigenvalue weighted by atomic mass is 10.0. The summed E-state index contributed by atoms with van der Waals surface area (Å²) in [4.78, 5) is 2.32. The van der Waals surface area contributed by atoms with Gasteiger partial charge >= 0.3 is 0 Å². The number of benzene rings is 2. The van der Waals surface area contributed by atoms with Crippen LogP contribution < -0.4 is 9.64 Å². The standard InChI is InChI=1S/C18H21NO2/c1-13-8-9-17(20)15(12-13)14(2)19-10-5-11-21-18-7-4-3-6-16(18)19/h3-4,6-9,12,14,20H,5,10-11H2,1-2H3. The number of ether oxygens (including phenoxy) is 1. The number of hydrogen-bond acceptors (Lipinski definition) is 3. The summed E-state index contributed by atoms with van der Waals surface area (Å²) in [7, 11) is 0. The fourth-order valence-electron chi connectivity index (χ4n) is 2.93. The molecule has 0 spiro atoms. The highest BCUT2D eigenvalue weighted by Gasteiger charge is 2.23. The molecule has 1 N–H and O–H groups in total. The largest absolute Gasteiger partial charge is 0.508 e. The Labute approximate surface area is 125 Å². The minimum Gasteiger partial charge on any atom is -0.508 e. The van der Waals surface area contributed by atoms with E-state index in [-0.39, 0.29) is 6.04 Å². The molecule has 2 aromatic rings. The molecule has 0 aromatic heterocycles. The molecule has 1 atom stereocenters. The predicted octanol–water partition coefficient (Wildman–Crippen LogP) is 4.05. The van der Waals surface area contributed by atoms with Gasteiger partial charge < -0.3 is 14.7 Å². The van der Waals surface area contributed by atoms with Crippen LogP contribution in [0.2, 0.25) is 0 Å². The van der Waals surface area contributed by atoms with Gasteiger partial charge in [0.1, 0.15) is 11.5 Å². The molecule has 110 valence electrons. The van der Waals surface area contributed by atoms with E-state index in [4.69, 9.17) is 4.74 Å². The molecule has 1 heterocycles. The Morgan fingerprint density at radius 3 is 2.86 bits per heavy atom. The van der Waals surface area contributed by atoms with E-state index in [2.05, 4.69) is 30.9 Å². The fourth-order valence-corrected chi connectivity index (χ4v) is 2.93. The van der Waals surface area contributed by atoms with Crippen LogP contribution >= 0.6 is 0 Å². The number of aryl methyl sites for hydroxylation is 1. The molecule has 0 saturated heterocycles. The minimum atomic E-state index is 0.104. The van der Waals surface area contributed by atoms with Crippen molar-refractivity contribution in [2.45, 2.75) is 26.3 Å². The van der Waals surface area contributed by atoms with Gasteiger partial charge in [0.25, 0.3) is 0 Å². The molecule has 0 bridgehead atoms. The summed E-state index contributed by atoms with van der Waals surface area (Å²) in [6, 6.07) is 14.0. The molecular weight excluding hydrogens is 262 g/mol. The topological polar surface area (TPSA) is 32.7 Å². The molecule has 3 heteroatoms. The van der Waals surface area contributed by atoms with Crippen LogP contribution in [0, 0.1) is 6.92 Å². The number of phenols is 1. The van der Waals surface area contributed by atoms with E-state index in [1.807, 2.05) is 24.3 Å².